The number of nitrogen functional groups attached to an aromatic ring is 1. The summed E-state index contributed by atoms with van der Waals surface area (Å²) in [6.45, 7) is 1.06. The van der Waals surface area contributed by atoms with Crippen LogP contribution in [-0.4, -0.2) is 21.3 Å². The first-order chi connectivity index (χ1) is 10.8. The lowest BCUT2D eigenvalue weighted by Crippen LogP contribution is -2.07. The molecule has 0 spiro atoms. The summed E-state index contributed by atoms with van der Waals surface area (Å²) in [5, 5.41) is 9.09. The summed E-state index contributed by atoms with van der Waals surface area (Å²) in [7, 11) is 0. The molecule has 0 unspecified atom stereocenters. The van der Waals surface area contributed by atoms with Gasteiger partial charge in [0.05, 0.1) is 11.0 Å². The van der Waals surface area contributed by atoms with E-state index in [2.05, 4.69) is 28.8 Å². The zero-order valence-electron chi connectivity index (χ0n) is 12.6. The molecule has 0 aliphatic carbocycles. The van der Waals surface area contributed by atoms with E-state index in [1.165, 1.54) is 5.56 Å². The van der Waals surface area contributed by atoms with Gasteiger partial charge in [0, 0.05) is 25.3 Å². The number of aromatic nitrogens is 2. The van der Waals surface area contributed by atoms with Crippen molar-refractivity contribution in [3.05, 3.63) is 59.9 Å². The largest absolute Gasteiger partial charge is 0.399 e. The molecule has 0 bridgehead atoms. The van der Waals surface area contributed by atoms with Gasteiger partial charge in [0.15, 0.2) is 0 Å². The van der Waals surface area contributed by atoms with Crippen molar-refractivity contribution in [2.24, 2.45) is 0 Å². The van der Waals surface area contributed by atoms with Gasteiger partial charge in [-0.2, -0.15) is 0 Å². The molecular weight excluding hydrogens is 274 g/mol. The van der Waals surface area contributed by atoms with E-state index in [0.717, 1.165) is 48.4 Å². The van der Waals surface area contributed by atoms with Gasteiger partial charge in [0.1, 0.15) is 5.82 Å². The average Bonchev–Trinajstić information content (AvgIpc) is 2.88. The molecule has 4 nitrogen and oxygen atoms in total. The van der Waals surface area contributed by atoms with Crippen molar-refractivity contribution in [1.29, 1.82) is 0 Å². The number of aliphatic hydroxyl groups excluding tert-OH is 1. The van der Waals surface area contributed by atoms with E-state index in [-0.39, 0.29) is 6.61 Å². The molecule has 0 aliphatic rings. The number of imidazole rings is 1. The third-order valence-electron chi connectivity index (χ3n) is 3.88. The Kier molecular flexibility index (Phi) is 4.39. The molecule has 2 aromatic carbocycles. The van der Waals surface area contributed by atoms with Crippen LogP contribution in [0.4, 0.5) is 5.69 Å². The van der Waals surface area contributed by atoms with E-state index in [4.69, 9.17) is 15.8 Å². The Hall–Kier alpha value is -2.33. The predicted octanol–water partition coefficient (Wildman–Crippen LogP) is 2.79. The monoisotopic (exact) mass is 295 g/mol. The zero-order chi connectivity index (χ0) is 15.4. The number of aryl methyl sites for hydroxylation is 3. The molecule has 0 saturated carbocycles. The second-order valence-electron chi connectivity index (χ2n) is 5.49. The van der Waals surface area contributed by atoms with Gasteiger partial charge in [-0.1, -0.05) is 30.3 Å². The smallest absolute Gasteiger partial charge is 0.109 e. The van der Waals surface area contributed by atoms with Crippen molar-refractivity contribution in [2.75, 3.05) is 12.3 Å². The van der Waals surface area contributed by atoms with Gasteiger partial charge in [-0.3, -0.25) is 0 Å². The summed E-state index contributed by atoms with van der Waals surface area (Å²) in [6, 6.07) is 16.3. The molecule has 4 heteroatoms. The Labute approximate surface area is 130 Å². The molecule has 1 aromatic heterocycles. The Bertz CT molecular complexity index is 750. The highest BCUT2D eigenvalue weighted by molar-refractivity contribution is 5.79. The van der Waals surface area contributed by atoms with Gasteiger partial charge in [-0.05, 0) is 36.6 Å². The zero-order valence-corrected chi connectivity index (χ0v) is 12.6. The standard InChI is InChI=1S/C18H21N3O/c19-15-8-9-17-16(13-15)20-18(7-4-12-22)21(17)11-10-14-5-2-1-3-6-14/h1-3,5-6,8-9,13,22H,4,7,10-12,19H2. The van der Waals surface area contributed by atoms with Crippen LogP contribution in [-0.2, 0) is 19.4 Å². The lowest BCUT2D eigenvalue weighted by atomic mass is 10.1. The topological polar surface area (TPSA) is 64.1 Å². The van der Waals surface area contributed by atoms with Crippen LogP contribution in [0.15, 0.2) is 48.5 Å². The normalized spacial score (nSPS) is 11.1. The van der Waals surface area contributed by atoms with Gasteiger partial charge in [0.25, 0.3) is 0 Å². The van der Waals surface area contributed by atoms with Crippen molar-refractivity contribution < 1.29 is 5.11 Å². The maximum atomic E-state index is 9.09. The number of anilines is 1. The van der Waals surface area contributed by atoms with Gasteiger partial charge >= 0.3 is 0 Å². The first-order valence-corrected chi connectivity index (χ1v) is 7.67. The van der Waals surface area contributed by atoms with Gasteiger partial charge in [-0.25, -0.2) is 4.98 Å². The van der Waals surface area contributed by atoms with Crippen LogP contribution in [0.1, 0.15) is 17.8 Å². The number of nitrogens with two attached hydrogens (primary N) is 1. The van der Waals surface area contributed by atoms with Gasteiger partial charge in [-0.15, -0.1) is 0 Å². The molecule has 114 valence electrons. The van der Waals surface area contributed by atoms with E-state index in [0.29, 0.717) is 0 Å². The van der Waals surface area contributed by atoms with Crippen molar-refractivity contribution in [1.82, 2.24) is 9.55 Å². The van der Waals surface area contributed by atoms with Crippen LogP contribution >= 0.6 is 0 Å². The van der Waals surface area contributed by atoms with Gasteiger partial charge in [0.2, 0.25) is 0 Å². The molecule has 0 atom stereocenters. The second kappa shape index (κ2) is 6.62. The van der Waals surface area contributed by atoms with Gasteiger partial charge < -0.3 is 15.4 Å². The lowest BCUT2D eigenvalue weighted by molar-refractivity contribution is 0.287. The van der Waals surface area contributed by atoms with Crippen molar-refractivity contribution in [3.63, 3.8) is 0 Å². The third kappa shape index (κ3) is 3.12. The fraction of sp³-hybridized carbons (Fsp3) is 0.278. The maximum absolute atomic E-state index is 9.09. The van der Waals surface area contributed by atoms with E-state index < -0.39 is 0 Å². The molecule has 0 radical (unpaired) electrons. The fourth-order valence-electron chi connectivity index (χ4n) is 2.76. The number of hydrogen-bond donors (Lipinski definition) is 2. The molecule has 3 rings (SSSR count). The minimum absolute atomic E-state index is 0.185. The van der Waals surface area contributed by atoms with Crippen LogP contribution < -0.4 is 5.73 Å². The molecular formula is C18H21N3O. The molecule has 22 heavy (non-hydrogen) atoms. The van der Waals surface area contributed by atoms with E-state index in [1.54, 1.807) is 0 Å². The average molecular weight is 295 g/mol. The number of aliphatic hydroxyl groups is 1. The van der Waals surface area contributed by atoms with Crippen molar-refractivity contribution in [3.8, 4) is 0 Å². The minimum Gasteiger partial charge on any atom is -0.399 e. The third-order valence-corrected chi connectivity index (χ3v) is 3.88. The highest BCUT2D eigenvalue weighted by atomic mass is 16.2. The summed E-state index contributed by atoms with van der Waals surface area (Å²) in [6.07, 6.45) is 2.47. The summed E-state index contributed by atoms with van der Waals surface area (Å²) in [4.78, 5) is 4.70. The summed E-state index contributed by atoms with van der Waals surface area (Å²) in [5.41, 5.74) is 9.94. The lowest BCUT2D eigenvalue weighted by Gasteiger charge is -2.09. The number of hydrogen-bond acceptors (Lipinski definition) is 3. The molecule has 3 aromatic rings. The first kappa shape index (κ1) is 14.6. The fourth-order valence-corrected chi connectivity index (χ4v) is 2.76. The summed E-state index contributed by atoms with van der Waals surface area (Å²) < 4.78 is 2.25. The van der Waals surface area contributed by atoms with E-state index in [9.17, 15) is 0 Å². The SMILES string of the molecule is Nc1ccc2c(c1)nc(CCCO)n2CCc1ccccc1. The molecule has 0 saturated heterocycles. The van der Waals surface area contributed by atoms with Crippen LogP contribution in [0, 0.1) is 0 Å². The Morgan fingerprint density at radius 1 is 1.05 bits per heavy atom. The minimum atomic E-state index is 0.185. The maximum Gasteiger partial charge on any atom is 0.109 e. The molecule has 0 aliphatic heterocycles. The highest BCUT2D eigenvalue weighted by Gasteiger charge is 2.10. The van der Waals surface area contributed by atoms with E-state index in [1.807, 2.05) is 24.3 Å². The van der Waals surface area contributed by atoms with Crippen molar-refractivity contribution >= 4 is 16.7 Å². The molecule has 0 amide bonds. The quantitative estimate of drug-likeness (QED) is 0.687. The van der Waals surface area contributed by atoms with Crippen molar-refractivity contribution in [2.45, 2.75) is 25.8 Å². The number of benzene rings is 2. The Balaban J connectivity index is 1.91. The van der Waals surface area contributed by atoms with Crippen LogP contribution in [0.3, 0.4) is 0 Å². The summed E-state index contributed by atoms with van der Waals surface area (Å²) in [5.74, 6) is 1.02. The molecule has 0 fully saturated rings. The van der Waals surface area contributed by atoms with E-state index >= 15 is 0 Å². The molecule has 3 N–H and O–H groups in total. The molecule has 1 heterocycles. The number of nitrogens with zero attached hydrogens (tertiary/aromatic N) is 2. The number of rotatable bonds is 6. The summed E-state index contributed by atoms with van der Waals surface area (Å²) >= 11 is 0. The number of fused-ring (bicyclic) bond motifs is 1. The first-order valence-electron chi connectivity index (χ1n) is 7.67. The second-order valence-corrected chi connectivity index (χ2v) is 5.49. The van der Waals surface area contributed by atoms with Crippen LogP contribution in [0.5, 0.6) is 0 Å². The Morgan fingerprint density at radius 2 is 1.86 bits per heavy atom. The van der Waals surface area contributed by atoms with Crippen LogP contribution in [0.2, 0.25) is 0 Å². The highest BCUT2D eigenvalue weighted by Crippen LogP contribution is 2.20. The predicted molar refractivity (Wildman–Crippen MR) is 89.7 cm³/mol. The van der Waals surface area contributed by atoms with Crippen LogP contribution in [0.25, 0.3) is 11.0 Å². The Morgan fingerprint density at radius 3 is 2.64 bits per heavy atom.